The molecular weight excluding hydrogens is 254 g/mol. The van der Waals surface area contributed by atoms with Crippen LogP contribution in [0.4, 0.5) is 0 Å². The fraction of sp³-hybridized carbons (Fsp3) is 0.467. The van der Waals surface area contributed by atoms with E-state index >= 15 is 0 Å². The van der Waals surface area contributed by atoms with Gasteiger partial charge >= 0.3 is 0 Å². The highest BCUT2D eigenvalue weighted by atomic mass is 16.5. The standard InChI is InChI=1S/C15H21N3O2/c1-2-3-9-18(10-11-19)12-14-16-15(17-20-14)13-7-5-4-6-8-13/h4-8,19H,2-3,9-12H2,1H3. The highest BCUT2D eigenvalue weighted by Crippen LogP contribution is 2.15. The van der Waals surface area contributed by atoms with E-state index in [0.29, 0.717) is 24.8 Å². The van der Waals surface area contributed by atoms with Crippen LogP contribution in [0.3, 0.4) is 0 Å². The monoisotopic (exact) mass is 275 g/mol. The molecule has 108 valence electrons. The smallest absolute Gasteiger partial charge is 0.241 e. The minimum atomic E-state index is 0.142. The van der Waals surface area contributed by atoms with Crippen LogP contribution in [0.15, 0.2) is 34.9 Å². The van der Waals surface area contributed by atoms with E-state index in [2.05, 4.69) is 22.0 Å². The summed E-state index contributed by atoms with van der Waals surface area (Å²) < 4.78 is 5.29. The Bertz CT molecular complexity index is 499. The highest BCUT2D eigenvalue weighted by molar-refractivity contribution is 5.53. The summed E-state index contributed by atoms with van der Waals surface area (Å²) >= 11 is 0. The summed E-state index contributed by atoms with van der Waals surface area (Å²) in [5.41, 5.74) is 0.949. The third kappa shape index (κ3) is 4.15. The van der Waals surface area contributed by atoms with E-state index < -0.39 is 0 Å². The largest absolute Gasteiger partial charge is 0.395 e. The normalized spacial score (nSPS) is 11.2. The first-order chi connectivity index (χ1) is 9.83. The van der Waals surface area contributed by atoms with Crippen LogP contribution in [0.25, 0.3) is 11.4 Å². The Labute approximate surface area is 119 Å². The highest BCUT2D eigenvalue weighted by Gasteiger charge is 2.12. The molecule has 0 saturated carbocycles. The molecule has 0 spiro atoms. The summed E-state index contributed by atoms with van der Waals surface area (Å²) in [6, 6.07) is 9.77. The zero-order valence-electron chi connectivity index (χ0n) is 11.8. The number of aromatic nitrogens is 2. The van der Waals surface area contributed by atoms with Crippen molar-refractivity contribution in [1.29, 1.82) is 0 Å². The molecule has 5 nitrogen and oxygen atoms in total. The molecule has 0 unspecified atom stereocenters. The zero-order chi connectivity index (χ0) is 14.2. The lowest BCUT2D eigenvalue weighted by molar-refractivity contribution is 0.172. The van der Waals surface area contributed by atoms with Crippen LogP contribution >= 0.6 is 0 Å². The van der Waals surface area contributed by atoms with Gasteiger partial charge in [-0.3, -0.25) is 4.90 Å². The predicted molar refractivity (Wildman–Crippen MR) is 77.0 cm³/mol. The molecule has 5 heteroatoms. The minimum Gasteiger partial charge on any atom is -0.395 e. The van der Waals surface area contributed by atoms with Crippen molar-refractivity contribution in [2.24, 2.45) is 0 Å². The maximum atomic E-state index is 9.09. The van der Waals surface area contributed by atoms with Gasteiger partial charge in [-0.2, -0.15) is 4.98 Å². The Kier molecular flexibility index (Phi) is 5.70. The molecule has 2 rings (SSSR count). The second-order valence-corrected chi connectivity index (χ2v) is 4.73. The number of benzene rings is 1. The SMILES string of the molecule is CCCCN(CCO)Cc1nc(-c2ccccc2)no1. The molecule has 0 aliphatic carbocycles. The second-order valence-electron chi connectivity index (χ2n) is 4.73. The van der Waals surface area contributed by atoms with Gasteiger partial charge in [-0.1, -0.05) is 48.8 Å². The molecule has 0 amide bonds. The molecule has 0 atom stereocenters. The molecule has 1 heterocycles. The molecule has 2 aromatic rings. The van der Waals surface area contributed by atoms with Crippen molar-refractivity contribution in [3.8, 4) is 11.4 Å². The lowest BCUT2D eigenvalue weighted by atomic mass is 10.2. The molecule has 0 fully saturated rings. The molecule has 0 aliphatic heterocycles. The van der Waals surface area contributed by atoms with Crippen LogP contribution < -0.4 is 0 Å². The molecule has 1 aromatic heterocycles. The maximum absolute atomic E-state index is 9.09. The van der Waals surface area contributed by atoms with Gasteiger partial charge in [-0.05, 0) is 13.0 Å². The predicted octanol–water partition coefficient (Wildman–Crippen LogP) is 2.33. The first-order valence-electron chi connectivity index (χ1n) is 7.04. The van der Waals surface area contributed by atoms with Gasteiger partial charge in [-0.25, -0.2) is 0 Å². The fourth-order valence-corrected chi connectivity index (χ4v) is 2.01. The van der Waals surface area contributed by atoms with E-state index in [4.69, 9.17) is 9.63 Å². The zero-order valence-corrected chi connectivity index (χ0v) is 11.8. The Hall–Kier alpha value is -1.72. The van der Waals surface area contributed by atoms with Gasteiger partial charge in [0.1, 0.15) is 0 Å². The van der Waals surface area contributed by atoms with E-state index in [1.54, 1.807) is 0 Å². The summed E-state index contributed by atoms with van der Waals surface area (Å²) in [6.07, 6.45) is 2.22. The van der Waals surface area contributed by atoms with Crippen LogP contribution in [-0.4, -0.2) is 39.8 Å². The number of rotatable bonds is 8. The average Bonchev–Trinajstić information content (AvgIpc) is 2.94. The second kappa shape index (κ2) is 7.77. The average molecular weight is 275 g/mol. The van der Waals surface area contributed by atoms with Gasteiger partial charge in [0, 0.05) is 12.1 Å². The van der Waals surface area contributed by atoms with Gasteiger partial charge in [0.15, 0.2) is 0 Å². The maximum Gasteiger partial charge on any atom is 0.241 e. The van der Waals surface area contributed by atoms with Crippen molar-refractivity contribution in [2.45, 2.75) is 26.3 Å². The number of aliphatic hydroxyl groups excluding tert-OH is 1. The number of nitrogens with zero attached hydrogens (tertiary/aromatic N) is 3. The van der Waals surface area contributed by atoms with Crippen molar-refractivity contribution >= 4 is 0 Å². The molecule has 1 aromatic carbocycles. The van der Waals surface area contributed by atoms with Gasteiger partial charge in [0.2, 0.25) is 11.7 Å². The van der Waals surface area contributed by atoms with Crippen LogP contribution in [0.5, 0.6) is 0 Å². The molecule has 1 N–H and O–H groups in total. The van der Waals surface area contributed by atoms with E-state index in [1.807, 2.05) is 30.3 Å². The Morgan fingerprint density at radius 2 is 2.00 bits per heavy atom. The molecule has 20 heavy (non-hydrogen) atoms. The van der Waals surface area contributed by atoms with Crippen molar-refractivity contribution in [1.82, 2.24) is 15.0 Å². The summed E-state index contributed by atoms with van der Waals surface area (Å²) in [5.74, 6) is 1.20. The van der Waals surface area contributed by atoms with E-state index in [0.717, 1.165) is 24.9 Å². The Balaban J connectivity index is 2.00. The molecular formula is C15H21N3O2. The number of unbranched alkanes of at least 4 members (excludes halogenated alkanes) is 1. The summed E-state index contributed by atoms with van der Waals surface area (Å²) in [7, 11) is 0. The van der Waals surface area contributed by atoms with Gasteiger partial charge < -0.3 is 9.63 Å². The van der Waals surface area contributed by atoms with Crippen molar-refractivity contribution in [2.75, 3.05) is 19.7 Å². The molecule has 0 bridgehead atoms. The van der Waals surface area contributed by atoms with Gasteiger partial charge in [0.05, 0.1) is 13.2 Å². The summed E-state index contributed by atoms with van der Waals surface area (Å²) in [4.78, 5) is 6.54. The number of hydrogen-bond acceptors (Lipinski definition) is 5. The minimum absolute atomic E-state index is 0.142. The quantitative estimate of drug-likeness (QED) is 0.801. The van der Waals surface area contributed by atoms with Gasteiger partial charge in [0.25, 0.3) is 0 Å². The molecule has 0 radical (unpaired) electrons. The molecule has 0 aliphatic rings. The summed E-state index contributed by atoms with van der Waals surface area (Å²) in [5, 5.41) is 13.1. The van der Waals surface area contributed by atoms with E-state index in [-0.39, 0.29) is 6.61 Å². The first kappa shape index (κ1) is 14.7. The van der Waals surface area contributed by atoms with E-state index in [9.17, 15) is 0 Å². The van der Waals surface area contributed by atoms with Crippen LogP contribution in [0.2, 0.25) is 0 Å². The first-order valence-corrected chi connectivity index (χ1v) is 7.04. The van der Waals surface area contributed by atoms with Crippen LogP contribution in [0, 0.1) is 0 Å². The third-order valence-corrected chi connectivity index (χ3v) is 3.10. The van der Waals surface area contributed by atoms with Crippen molar-refractivity contribution in [3.63, 3.8) is 0 Å². The Morgan fingerprint density at radius 3 is 2.70 bits per heavy atom. The molecule has 0 saturated heterocycles. The van der Waals surface area contributed by atoms with Crippen molar-refractivity contribution in [3.05, 3.63) is 36.2 Å². The topological polar surface area (TPSA) is 62.4 Å². The number of aliphatic hydroxyl groups is 1. The lowest BCUT2D eigenvalue weighted by Gasteiger charge is -2.18. The third-order valence-electron chi connectivity index (χ3n) is 3.10. The summed E-state index contributed by atoms with van der Waals surface area (Å²) in [6.45, 7) is 4.43. The van der Waals surface area contributed by atoms with Gasteiger partial charge in [-0.15, -0.1) is 0 Å². The lowest BCUT2D eigenvalue weighted by Crippen LogP contribution is -2.27. The fourth-order valence-electron chi connectivity index (χ4n) is 2.01. The van der Waals surface area contributed by atoms with Crippen LogP contribution in [0.1, 0.15) is 25.7 Å². The Morgan fingerprint density at radius 1 is 1.20 bits per heavy atom. The van der Waals surface area contributed by atoms with Crippen LogP contribution in [-0.2, 0) is 6.54 Å². The van der Waals surface area contributed by atoms with E-state index in [1.165, 1.54) is 0 Å². The van der Waals surface area contributed by atoms with Crippen molar-refractivity contribution < 1.29 is 9.63 Å². The number of hydrogen-bond donors (Lipinski definition) is 1.